The number of carbonyl (C=O) groups excluding carboxylic acids is 4. The smallest absolute Gasteiger partial charge is 0.375 e. The van der Waals surface area contributed by atoms with Gasteiger partial charge in [-0.15, -0.1) is 0 Å². The molecule has 0 bridgehead atoms. The van der Waals surface area contributed by atoms with Crippen LogP contribution >= 0.6 is 11.8 Å². The second-order valence-corrected chi connectivity index (χ2v) is 15.0. The van der Waals surface area contributed by atoms with E-state index in [4.69, 9.17) is 13.9 Å². The standard InChI is InChI=1S/C35H40F2O8S/c1-20-15-23-22-17-25(36)24-16-21(38)10-11-33(24,4)29(22)26(39)18-34(23,5)35(20,45-30(41)27-9-8-13-43-27)31(42)46-14-7-6-12-44-28(40)19-32(2,3)37/h8-11,13,16,20,22-23,25-26,29,39H,12,14-15,17-19H2,1-5H3/t20-,22?,23?,25+,26+,29?,33+,34?,35?/m1/s1. The molecule has 3 saturated carbocycles. The van der Waals surface area contributed by atoms with E-state index < -0.39 is 69.7 Å². The number of ether oxygens (including phenoxy) is 2. The number of rotatable bonds is 7. The Morgan fingerprint density at radius 3 is 2.63 bits per heavy atom. The number of thioether (sulfide) groups is 1. The summed E-state index contributed by atoms with van der Waals surface area (Å²) >= 11 is 0.853. The van der Waals surface area contributed by atoms with Crippen LogP contribution in [0.2, 0.25) is 0 Å². The number of allylic oxidation sites excluding steroid dienone is 4. The Hall–Kier alpha value is -3.23. The Morgan fingerprint density at radius 1 is 1.22 bits per heavy atom. The second kappa shape index (κ2) is 12.4. The van der Waals surface area contributed by atoms with Crippen LogP contribution in [0.5, 0.6) is 0 Å². The summed E-state index contributed by atoms with van der Waals surface area (Å²) in [7, 11) is 0. The number of fused-ring (bicyclic) bond motifs is 5. The van der Waals surface area contributed by atoms with E-state index in [1.165, 1.54) is 44.4 Å². The van der Waals surface area contributed by atoms with Gasteiger partial charge < -0.3 is 19.0 Å². The molecule has 4 aliphatic carbocycles. The van der Waals surface area contributed by atoms with Crippen LogP contribution in [0.4, 0.5) is 8.78 Å². The number of furan rings is 1. The van der Waals surface area contributed by atoms with Crippen LogP contribution < -0.4 is 0 Å². The van der Waals surface area contributed by atoms with Crippen molar-refractivity contribution in [3.63, 3.8) is 0 Å². The molecule has 5 rings (SSSR count). The summed E-state index contributed by atoms with van der Waals surface area (Å²) in [6.07, 6.45) is 3.62. The van der Waals surface area contributed by atoms with Crippen LogP contribution in [-0.4, -0.2) is 63.8 Å². The Balaban J connectivity index is 1.43. The zero-order valence-electron chi connectivity index (χ0n) is 26.6. The lowest BCUT2D eigenvalue weighted by Crippen LogP contribution is -2.64. The highest BCUT2D eigenvalue weighted by molar-refractivity contribution is 8.14. The van der Waals surface area contributed by atoms with Gasteiger partial charge in [0.25, 0.3) is 0 Å². The third-order valence-electron chi connectivity index (χ3n) is 10.6. The molecular formula is C35H40F2O8S. The van der Waals surface area contributed by atoms with E-state index in [-0.39, 0.29) is 48.6 Å². The lowest BCUT2D eigenvalue weighted by atomic mass is 9.46. The first-order valence-electron chi connectivity index (χ1n) is 15.6. The fraction of sp³-hybridized carbons (Fsp3) is 0.600. The van der Waals surface area contributed by atoms with Gasteiger partial charge in [0.15, 0.2) is 18.0 Å². The van der Waals surface area contributed by atoms with Gasteiger partial charge >= 0.3 is 11.9 Å². The molecule has 0 radical (unpaired) electrons. The van der Waals surface area contributed by atoms with Gasteiger partial charge in [0.2, 0.25) is 10.9 Å². The van der Waals surface area contributed by atoms with Crippen LogP contribution in [0.3, 0.4) is 0 Å². The molecule has 9 atom stereocenters. The summed E-state index contributed by atoms with van der Waals surface area (Å²) in [5.41, 5.74) is -5.01. The first-order chi connectivity index (χ1) is 21.5. The largest absolute Gasteiger partial charge is 0.457 e. The normalized spacial score (nSPS) is 36.3. The topological polar surface area (TPSA) is 120 Å². The molecule has 4 aliphatic rings. The van der Waals surface area contributed by atoms with Crippen molar-refractivity contribution in [3.05, 3.63) is 48.0 Å². The maximum atomic E-state index is 15.9. The van der Waals surface area contributed by atoms with E-state index in [1.54, 1.807) is 6.08 Å². The third-order valence-corrected chi connectivity index (χ3v) is 11.4. The molecule has 1 heterocycles. The number of alkyl halides is 2. The van der Waals surface area contributed by atoms with E-state index >= 15 is 4.39 Å². The summed E-state index contributed by atoms with van der Waals surface area (Å²) in [5, 5.41) is 11.4. The van der Waals surface area contributed by atoms with Crippen LogP contribution in [0.15, 0.2) is 46.6 Å². The average molecular weight is 659 g/mol. The number of esters is 2. The van der Waals surface area contributed by atoms with Gasteiger partial charge in [0.1, 0.15) is 11.8 Å². The van der Waals surface area contributed by atoms with Crippen molar-refractivity contribution >= 4 is 34.6 Å². The lowest BCUT2D eigenvalue weighted by Gasteiger charge is -2.60. The SMILES string of the molecule is C[C@@H]1CC2C3C[C@H](F)C4=CC(=O)C=C[C@]4(C)C3[C@@H](O)CC2(C)C1(OC(=O)c1ccco1)C(=O)SCC#CCOC(=O)CC(C)(C)F. The van der Waals surface area contributed by atoms with Crippen molar-refractivity contribution < 1.29 is 47.0 Å². The molecule has 3 fully saturated rings. The summed E-state index contributed by atoms with van der Waals surface area (Å²) in [4.78, 5) is 51.7. The van der Waals surface area contributed by atoms with Gasteiger partial charge in [0.05, 0.1) is 24.5 Å². The van der Waals surface area contributed by atoms with Gasteiger partial charge in [-0.2, -0.15) is 0 Å². The van der Waals surface area contributed by atoms with Crippen LogP contribution in [0.25, 0.3) is 0 Å². The molecule has 5 unspecified atom stereocenters. The van der Waals surface area contributed by atoms with Gasteiger partial charge in [0, 0.05) is 22.7 Å². The summed E-state index contributed by atoms with van der Waals surface area (Å²) in [6.45, 7) is 7.80. The molecule has 0 amide bonds. The predicted molar refractivity (Wildman–Crippen MR) is 166 cm³/mol. The van der Waals surface area contributed by atoms with Gasteiger partial charge in [-0.1, -0.05) is 50.4 Å². The lowest BCUT2D eigenvalue weighted by molar-refractivity contribution is -0.179. The molecule has 1 aromatic heterocycles. The summed E-state index contributed by atoms with van der Waals surface area (Å²) < 4.78 is 46.0. The molecule has 1 aromatic rings. The molecule has 11 heteroatoms. The van der Waals surface area contributed by atoms with Crippen molar-refractivity contribution in [2.75, 3.05) is 12.4 Å². The minimum absolute atomic E-state index is 0.00921. The second-order valence-electron chi connectivity index (χ2n) is 14.0. The van der Waals surface area contributed by atoms with E-state index in [0.29, 0.717) is 12.0 Å². The molecule has 0 spiro atoms. The van der Waals surface area contributed by atoms with Gasteiger partial charge in [-0.3, -0.25) is 14.4 Å². The number of carbonyl (C=O) groups is 4. The summed E-state index contributed by atoms with van der Waals surface area (Å²) in [5.74, 6) is 1.94. The van der Waals surface area contributed by atoms with Crippen LogP contribution in [0, 0.1) is 46.3 Å². The molecule has 1 N–H and O–H groups in total. The van der Waals surface area contributed by atoms with Crippen LogP contribution in [-0.2, 0) is 23.9 Å². The van der Waals surface area contributed by atoms with Crippen molar-refractivity contribution in [2.45, 2.75) is 83.8 Å². The van der Waals surface area contributed by atoms with Crippen molar-refractivity contribution in [3.8, 4) is 11.8 Å². The molecular weight excluding hydrogens is 618 g/mol. The third kappa shape index (κ3) is 5.87. The number of aliphatic hydroxyl groups is 1. The van der Waals surface area contributed by atoms with Gasteiger partial charge in [-0.05, 0) is 74.8 Å². The highest BCUT2D eigenvalue weighted by Gasteiger charge is 2.73. The van der Waals surface area contributed by atoms with Crippen molar-refractivity contribution in [1.82, 2.24) is 0 Å². The quantitative estimate of drug-likeness (QED) is 0.295. The number of hydrogen-bond acceptors (Lipinski definition) is 9. The molecule has 46 heavy (non-hydrogen) atoms. The zero-order chi connectivity index (χ0) is 33.7. The molecule has 0 aromatic carbocycles. The fourth-order valence-electron chi connectivity index (χ4n) is 8.76. The first kappa shape index (κ1) is 34.1. The first-order valence-corrected chi connectivity index (χ1v) is 16.5. The Labute approximate surface area is 271 Å². The van der Waals surface area contributed by atoms with E-state index in [1.807, 2.05) is 20.8 Å². The number of halogens is 2. The Kier molecular flexibility index (Phi) is 9.21. The maximum absolute atomic E-state index is 15.9. The Bertz CT molecular complexity index is 1520. The van der Waals surface area contributed by atoms with E-state index in [9.17, 15) is 28.7 Å². The highest BCUT2D eigenvalue weighted by Crippen LogP contribution is 2.70. The minimum Gasteiger partial charge on any atom is -0.457 e. The fourth-order valence-corrected chi connectivity index (χ4v) is 9.76. The van der Waals surface area contributed by atoms with E-state index in [0.717, 1.165) is 11.8 Å². The van der Waals surface area contributed by atoms with Gasteiger partial charge in [-0.25, -0.2) is 13.6 Å². The molecule has 8 nitrogen and oxygen atoms in total. The monoisotopic (exact) mass is 658 g/mol. The van der Waals surface area contributed by atoms with Crippen molar-refractivity contribution in [1.29, 1.82) is 0 Å². The minimum atomic E-state index is -1.71. The number of ketones is 1. The molecule has 248 valence electrons. The molecule has 0 saturated heterocycles. The number of hydrogen-bond donors (Lipinski definition) is 1. The number of aliphatic hydroxyl groups excluding tert-OH is 1. The van der Waals surface area contributed by atoms with E-state index in [2.05, 4.69) is 11.8 Å². The van der Waals surface area contributed by atoms with Crippen molar-refractivity contribution in [2.24, 2.45) is 34.5 Å². The maximum Gasteiger partial charge on any atom is 0.375 e. The summed E-state index contributed by atoms with van der Waals surface area (Å²) in [6, 6.07) is 2.97. The van der Waals surface area contributed by atoms with Crippen LogP contribution in [0.1, 0.15) is 70.9 Å². The zero-order valence-corrected chi connectivity index (χ0v) is 27.5. The average Bonchev–Trinajstić information content (AvgIpc) is 3.57. The molecule has 0 aliphatic heterocycles. The predicted octanol–water partition coefficient (Wildman–Crippen LogP) is 5.59. The highest BCUT2D eigenvalue weighted by atomic mass is 32.2. The Morgan fingerprint density at radius 2 is 1.96 bits per heavy atom.